The Morgan fingerprint density at radius 1 is 0.595 bits per heavy atom. The number of carbonyl (C=O) groups is 3. The number of unbranched alkanes of at least 4 members (excludes halogenated alkanes) is 18. The number of carboxylic acid groups (broad SMARTS) is 1. The monoisotopic (exact) mass is 543 g/mol. The molecule has 4 N–H and O–H groups in total. The van der Waals surface area contributed by atoms with Crippen LogP contribution in [0.1, 0.15) is 142 Å². The lowest BCUT2D eigenvalue weighted by Gasteiger charge is -2.15. The number of amides is 3. The summed E-state index contributed by atoms with van der Waals surface area (Å²) in [6.45, 7) is 5.60. The van der Waals surface area contributed by atoms with Gasteiger partial charge in [0.15, 0.2) is 0 Å². The summed E-state index contributed by atoms with van der Waals surface area (Å²) >= 11 is 0.908. The van der Waals surface area contributed by atoms with E-state index in [2.05, 4.69) is 29.8 Å². The molecule has 0 aromatic heterocycles. The highest BCUT2D eigenvalue weighted by Crippen LogP contribution is 2.12. The Morgan fingerprint density at radius 3 is 1.38 bits per heavy atom. The molecular formula is C29H57N3O4S. The average molecular weight is 544 g/mol. The molecule has 0 rings (SSSR count). The van der Waals surface area contributed by atoms with Crippen LogP contribution >= 0.6 is 11.8 Å². The van der Waals surface area contributed by atoms with Crippen molar-refractivity contribution in [2.75, 3.05) is 18.8 Å². The summed E-state index contributed by atoms with van der Waals surface area (Å²) in [4.78, 5) is 35.6. The van der Waals surface area contributed by atoms with Crippen LogP contribution in [0.15, 0.2) is 0 Å². The largest absolute Gasteiger partial charge is 0.480 e. The van der Waals surface area contributed by atoms with Crippen molar-refractivity contribution in [1.82, 2.24) is 16.0 Å². The van der Waals surface area contributed by atoms with Crippen LogP contribution in [0.4, 0.5) is 9.59 Å². The van der Waals surface area contributed by atoms with Crippen molar-refractivity contribution in [3.8, 4) is 0 Å². The first kappa shape index (κ1) is 35.6. The molecule has 0 spiro atoms. The number of hydrogen-bond donors (Lipinski definition) is 4. The van der Waals surface area contributed by atoms with E-state index in [0.717, 1.165) is 37.4 Å². The molecule has 0 aliphatic heterocycles. The van der Waals surface area contributed by atoms with Crippen molar-refractivity contribution in [3.05, 3.63) is 0 Å². The summed E-state index contributed by atoms with van der Waals surface area (Å²) in [5.74, 6) is -1.13. The summed E-state index contributed by atoms with van der Waals surface area (Å²) in [5.41, 5.74) is 0. The number of rotatable bonds is 26. The molecule has 0 aromatic rings. The minimum Gasteiger partial charge on any atom is -0.480 e. The summed E-state index contributed by atoms with van der Waals surface area (Å²) < 4.78 is 0. The van der Waals surface area contributed by atoms with Crippen LogP contribution in [0.2, 0.25) is 0 Å². The highest BCUT2D eigenvalue weighted by molar-refractivity contribution is 8.13. The Bertz CT molecular complexity index is 563. The molecule has 37 heavy (non-hydrogen) atoms. The minimum atomic E-state index is -1.14. The van der Waals surface area contributed by atoms with E-state index in [1.165, 1.54) is 103 Å². The van der Waals surface area contributed by atoms with E-state index in [9.17, 15) is 19.5 Å². The molecule has 0 saturated carbocycles. The number of urea groups is 1. The van der Waals surface area contributed by atoms with Gasteiger partial charge in [-0.05, 0) is 12.8 Å². The van der Waals surface area contributed by atoms with Gasteiger partial charge in [0, 0.05) is 18.8 Å². The molecule has 218 valence electrons. The van der Waals surface area contributed by atoms with E-state index in [-0.39, 0.29) is 11.0 Å². The summed E-state index contributed by atoms with van der Waals surface area (Å²) in [6, 6.07) is -1.59. The predicted octanol–water partition coefficient (Wildman–Crippen LogP) is 8.02. The third-order valence-electron chi connectivity index (χ3n) is 6.60. The first-order valence-corrected chi connectivity index (χ1v) is 16.2. The van der Waals surface area contributed by atoms with E-state index in [1.807, 2.05) is 0 Å². The SMILES string of the molecule is CCCCCCCCCCCCNC(=O)N[C@@H](CSC(=O)NCCCCCCCCCCCC)C(=O)O. The van der Waals surface area contributed by atoms with Crippen molar-refractivity contribution in [1.29, 1.82) is 0 Å². The van der Waals surface area contributed by atoms with Crippen molar-refractivity contribution >= 4 is 29.0 Å². The molecular weight excluding hydrogens is 486 g/mol. The van der Waals surface area contributed by atoms with Crippen LogP contribution in [0, 0.1) is 0 Å². The van der Waals surface area contributed by atoms with E-state index in [4.69, 9.17) is 0 Å². The van der Waals surface area contributed by atoms with Crippen LogP contribution < -0.4 is 16.0 Å². The second kappa shape index (κ2) is 27.6. The second-order valence-electron chi connectivity index (χ2n) is 10.2. The molecule has 0 radical (unpaired) electrons. The lowest BCUT2D eigenvalue weighted by molar-refractivity contribution is -0.138. The quantitative estimate of drug-likeness (QED) is 0.0826. The van der Waals surface area contributed by atoms with Crippen LogP contribution in [0.3, 0.4) is 0 Å². The van der Waals surface area contributed by atoms with Gasteiger partial charge in [0.05, 0.1) is 0 Å². The van der Waals surface area contributed by atoms with E-state index < -0.39 is 18.0 Å². The van der Waals surface area contributed by atoms with Crippen LogP contribution in [-0.4, -0.2) is 47.2 Å². The zero-order chi connectivity index (χ0) is 27.4. The fourth-order valence-electron chi connectivity index (χ4n) is 4.21. The molecule has 0 fully saturated rings. The van der Waals surface area contributed by atoms with E-state index in [1.54, 1.807) is 0 Å². The molecule has 7 nitrogen and oxygen atoms in total. The standard InChI is InChI=1S/C29H57N3O4S/c1-3-5-7-9-11-13-15-17-19-21-23-30-28(35)32-26(27(33)34)25-37-29(36)31-24-22-20-18-16-14-12-10-8-6-4-2/h26H,3-25H2,1-2H3,(H,31,36)(H,33,34)(H2,30,32,35)/t26-/m0/s1. The van der Waals surface area contributed by atoms with Gasteiger partial charge in [-0.1, -0.05) is 141 Å². The van der Waals surface area contributed by atoms with Crippen LogP contribution in [0.25, 0.3) is 0 Å². The molecule has 0 aliphatic carbocycles. The molecule has 0 unspecified atom stereocenters. The van der Waals surface area contributed by atoms with E-state index in [0.29, 0.717) is 13.1 Å². The maximum atomic E-state index is 12.1. The third kappa shape index (κ3) is 26.0. The molecule has 8 heteroatoms. The third-order valence-corrected chi connectivity index (χ3v) is 7.51. The highest BCUT2D eigenvalue weighted by atomic mass is 32.2. The number of thioether (sulfide) groups is 1. The van der Waals surface area contributed by atoms with Gasteiger partial charge in [-0.2, -0.15) is 0 Å². The van der Waals surface area contributed by atoms with Gasteiger partial charge in [-0.3, -0.25) is 4.79 Å². The number of hydrogen-bond acceptors (Lipinski definition) is 4. The van der Waals surface area contributed by atoms with Gasteiger partial charge >= 0.3 is 12.0 Å². The van der Waals surface area contributed by atoms with Crippen molar-refractivity contribution < 1.29 is 19.5 Å². The Labute approximate surface area is 231 Å². The number of nitrogens with one attached hydrogen (secondary N) is 3. The lowest BCUT2D eigenvalue weighted by atomic mass is 10.1. The van der Waals surface area contributed by atoms with Gasteiger partial charge in [-0.15, -0.1) is 0 Å². The van der Waals surface area contributed by atoms with Gasteiger partial charge in [0.2, 0.25) is 0 Å². The molecule has 3 amide bonds. The molecule has 0 aliphatic rings. The van der Waals surface area contributed by atoms with Crippen LogP contribution in [0.5, 0.6) is 0 Å². The maximum absolute atomic E-state index is 12.1. The van der Waals surface area contributed by atoms with Gasteiger partial charge in [-0.25, -0.2) is 9.59 Å². The minimum absolute atomic E-state index is 0.00484. The topological polar surface area (TPSA) is 108 Å². The molecule has 0 bridgehead atoms. The number of aliphatic carboxylic acids is 1. The van der Waals surface area contributed by atoms with Gasteiger partial charge in [0.25, 0.3) is 5.24 Å². The fraction of sp³-hybridized carbons (Fsp3) is 0.897. The highest BCUT2D eigenvalue weighted by Gasteiger charge is 2.21. The van der Waals surface area contributed by atoms with Gasteiger partial charge < -0.3 is 21.1 Å². The Kier molecular flexibility index (Phi) is 26.5. The van der Waals surface area contributed by atoms with Crippen LogP contribution in [-0.2, 0) is 4.79 Å². The number of carboxylic acids is 1. The average Bonchev–Trinajstić information content (AvgIpc) is 2.88. The smallest absolute Gasteiger partial charge is 0.327 e. The zero-order valence-electron chi connectivity index (χ0n) is 23.9. The first-order valence-electron chi connectivity index (χ1n) is 15.2. The lowest BCUT2D eigenvalue weighted by Crippen LogP contribution is -2.47. The molecule has 1 atom stereocenters. The second-order valence-corrected chi connectivity index (χ2v) is 11.2. The summed E-state index contributed by atoms with van der Waals surface area (Å²) in [5, 5.41) is 17.2. The Hall–Kier alpha value is -1.44. The van der Waals surface area contributed by atoms with E-state index >= 15 is 0 Å². The van der Waals surface area contributed by atoms with Gasteiger partial charge in [0.1, 0.15) is 6.04 Å². The van der Waals surface area contributed by atoms with Crippen molar-refractivity contribution in [2.45, 2.75) is 148 Å². The predicted molar refractivity (Wildman–Crippen MR) is 158 cm³/mol. The molecule has 0 aromatic carbocycles. The Balaban J connectivity index is 3.71. The maximum Gasteiger partial charge on any atom is 0.327 e. The zero-order valence-corrected chi connectivity index (χ0v) is 24.7. The molecule has 0 heterocycles. The normalized spacial score (nSPS) is 11.7. The number of carbonyl (C=O) groups excluding carboxylic acids is 2. The first-order chi connectivity index (χ1) is 18.0. The van der Waals surface area contributed by atoms with Crippen molar-refractivity contribution in [3.63, 3.8) is 0 Å². The molecule has 0 saturated heterocycles. The van der Waals surface area contributed by atoms with Crippen molar-refractivity contribution in [2.24, 2.45) is 0 Å². The summed E-state index contributed by atoms with van der Waals surface area (Å²) in [7, 11) is 0. The fourth-order valence-corrected chi connectivity index (χ4v) is 4.96. The Morgan fingerprint density at radius 2 is 0.973 bits per heavy atom. The summed E-state index contributed by atoms with van der Waals surface area (Å²) in [6.07, 6.45) is 24.6.